The minimum atomic E-state index is -0.356. The molecule has 0 radical (unpaired) electrons. The predicted octanol–water partition coefficient (Wildman–Crippen LogP) is 3.08. The van der Waals surface area contributed by atoms with Gasteiger partial charge in [0, 0.05) is 11.3 Å². The van der Waals surface area contributed by atoms with Crippen molar-refractivity contribution in [1.82, 2.24) is 5.32 Å². The van der Waals surface area contributed by atoms with E-state index in [9.17, 15) is 9.59 Å². The molecule has 0 fully saturated rings. The maximum atomic E-state index is 12.3. The molecule has 0 aromatic heterocycles. The number of nitrogens with one attached hydrogen (secondary N) is 2. The molecule has 0 atom stereocenters. The van der Waals surface area contributed by atoms with Crippen LogP contribution in [0, 0.1) is 13.8 Å². The lowest BCUT2D eigenvalue weighted by molar-refractivity contribution is -0.115. The molecule has 2 aromatic rings. The monoisotopic (exact) mass is 356 g/mol. The van der Waals surface area contributed by atoms with Gasteiger partial charge in [-0.15, -0.1) is 0 Å². The Morgan fingerprint density at radius 1 is 1.04 bits per heavy atom. The quantitative estimate of drug-likeness (QED) is 0.799. The molecule has 0 saturated carbocycles. The van der Waals surface area contributed by atoms with E-state index in [2.05, 4.69) is 10.6 Å². The van der Waals surface area contributed by atoms with Crippen LogP contribution >= 0.6 is 0 Å². The van der Waals surface area contributed by atoms with E-state index < -0.39 is 0 Å². The van der Waals surface area contributed by atoms with Crippen molar-refractivity contribution in [1.29, 1.82) is 0 Å². The Morgan fingerprint density at radius 2 is 1.73 bits per heavy atom. The second kappa shape index (κ2) is 8.89. The lowest BCUT2D eigenvalue weighted by Gasteiger charge is -2.13. The van der Waals surface area contributed by atoms with Crippen LogP contribution in [-0.2, 0) is 4.79 Å². The van der Waals surface area contributed by atoms with E-state index in [0.717, 1.165) is 16.8 Å². The first kappa shape index (κ1) is 19.3. The van der Waals surface area contributed by atoms with Crippen LogP contribution in [0.5, 0.6) is 11.5 Å². The second-order valence-electron chi connectivity index (χ2n) is 5.80. The number of amides is 2. The third-order valence-corrected chi connectivity index (χ3v) is 3.88. The van der Waals surface area contributed by atoms with Gasteiger partial charge in [0.05, 0.1) is 20.3 Å². The SMILES string of the molecule is CCOc1cc(C(=O)NCC(=O)Nc2c(C)cccc2C)ccc1OC. The lowest BCUT2D eigenvalue weighted by Crippen LogP contribution is -2.33. The van der Waals surface area contributed by atoms with Gasteiger partial charge in [0.2, 0.25) is 5.91 Å². The number of benzene rings is 2. The smallest absolute Gasteiger partial charge is 0.251 e. The van der Waals surface area contributed by atoms with Gasteiger partial charge in [-0.3, -0.25) is 9.59 Å². The number of ether oxygens (including phenoxy) is 2. The Hall–Kier alpha value is -3.02. The molecule has 0 aliphatic rings. The summed E-state index contributed by atoms with van der Waals surface area (Å²) in [7, 11) is 1.54. The van der Waals surface area contributed by atoms with Gasteiger partial charge in [-0.05, 0) is 50.1 Å². The molecule has 2 N–H and O–H groups in total. The molecule has 6 heteroatoms. The van der Waals surface area contributed by atoms with E-state index in [-0.39, 0.29) is 18.4 Å². The zero-order valence-corrected chi connectivity index (χ0v) is 15.5. The minimum absolute atomic E-state index is 0.122. The lowest BCUT2D eigenvalue weighted by atomic mass is 10.1. The maximum absolute atomic E-state index is 12.3. The number of para-hydroxylation sites is 1. The number of rotatable bonds is 7. The highest BCUT2D eigenvalue weighted by molar-refractivity contribution is 6.00. The Bertz CT molecular complexity index is 782. The summed E-state index contributed by atoms with van der Waals surface area (Å²) >= 11 is 0. The number of aryl methyl sites for hydroxylation is 2. The molecule has 0 spiro atoms. The molecule has 0 heterocycles. The Labute approximate surface area is 153 Å². The van der Waals surface area contributed by atoms with Crippen LogP contribution in [0.3, 0.4) is 0 Å². The summed E-state index contributed by atoms with van der Waals surface area (Å²) in [4.78, 5) is 24.5. The molecule has 2 aromatic carbocycles. The predicted molar refractivity (Wildman–Crippen MR) is 101 cm³/mol. The van der Waals surface area contributed by atoms with E-state index in [1.807, 2.05) is 39.0 Å². The topological polar surface area (TPSA) is 76.7 Å². The number of hydrogen-bond acceptors (Lipinski definition) is 4. The minimum Gasteiger partial charge on any atom is -0.493 e. The van der Waals surface area contributed by atoms with Crippen LogP contribution in [0.4, 0.5) is 5.69 Å². The second-order valence-corrected chi connectivity index (χ2v) is 5.80. The van der Waals surface area contributed by atoms with Crippen LogP contribution in [0.2, 0.25) is 0 Å². The third-order valence-electron chi connectivity index (χ3n) is 3.88. The van der Waals surface area contributed by atoms with Gasteiger partial charge in [0.1, 0.15) is 0 Å². The van der Waals surface area contributed by atoms with Gasteiger partial charge in [0.25, 0.3) is 5.91 Å². The van der Waals surface area contributed by atoms with Gasteiger partial charge in [0.15, 0.2) is 11.5 Å². The molecule has 0 unspecified atom stereocenters. The molecule has 2 rings (SSSR count). The molecule has 2 amide bonds. The summed E-state index contributed by atoms with van der Waals surface area (Å²) in [5.41, 5.74) is 3.12. The standard InChI is InChI=1S/C20H24N2O4/c1-5-26-17-11-15(9-10-16(17)25-4)20(24)21-12-18(23)22-19-13(2)7-6-8-14(19)3/h6-11H,5,12H2,1-4H3,(H,21,24)(H,22,23). The number of hydrogen-bond donors (Lipinski definition) is 2. The molecular weight excluding hydrogens is 332 g/mol. The highest BCUT2D eigenvalue weighted by Crippen LogP contribution is 2.28. The van der Waals surface area contributed by atoms with Crippen molar-refractivity contribution in [2.24, 2.45) is 0 Å². The summed E-state index contributed by atoms with van der Waals surface area (Å²) in [5.74, 6) is 0.401. The molecule has 0 aliphatic heterocycles. The fourth-order valence-corrected chi connectivity index (χ4v) is 2.54. The summed E-state index contributed by atoms with van der Waals surface area (Å²) in [5, 5.41) is 5.45. The zero-order chi connectivity index (χ0) is 19.1. The van der Waals surface area contributed by atoms with Crippen molar-refractivity contribution in [3.8, 4) is 11.5 Å². The van der Waals surface area contributed by atoms with Crippen molar-refractivity contribution >= 4 is 17.5 Å². The Morgan fingerprint density at radius 3 is 2.35 bits per heavy atom. The molecule has 0 bridgehead atoms. The number of anilines is 1. The molecule has 0 aliphatic carbocycles. The number of methoxy groups -OCH3 is 1. The van der Waals surface area contributed by atoms with Crippen LogP contribution in [0.15, 0.2) is 36.4 Å². The first-order valence-electron chi connectivity index (χ1n) is 8.41. The van der Waals surface area contributed by atoms with Crippen molar-refractivity contribution in [3.05, 3.63) is 53.1 Å². The van der Waals surface area contributed by atoms with Gasteiger partial charge in [-0.1, -0.05) is 18.2 Å². The van der Waals surface area contributed by atoms with Crippen LogP contribution in [0.25, 0.3) is 0 Å². The van der Waals surface area contributed by atoms with Gasteiger partial charge < -0.3 is 20.1 Å². The average Bonchev–Trinajstić information content (AvgIpc) is 2.63. The molecule has 26 heavy (non-hydrogen) atoms. The van der Waals surface area contributed by atoms with Crippen LogP contribution in [0.1, 0.15) is 28.4 Å². The van der Waals surface area contributed by atoms with Gasteiger partial charge in [-0.25, -0.2) is 0 Å². The Kier molecular flexibility index (Phi) is 6.60. The van der Waals surface area contributed by atoms with E-state index in [0.29, 0.717) is 23.7 Å². The summed E-state index contributed by atoms with van der Waals surface area (Å²) in [6, 6.07) is 10.7. The molecule has 138 valence electrons. The molecule has 0 saturated heterocycles. The van der Waals surface area contributed by atoms with Crippen molar-refractivity contribution in [2.45, 2.75) is 20.8 Å². The third kappa shape index (κ3) is 4.75. The molecule has 6 nitrogen and oxygen atoms in total. The van der Waals surface area contributed by atoms with Gasteiger partial charge >= 0.3 is 0 Å². The number of carbonyl (C=O) groups is 2. The van der Waals surface area contributed by atoms with Crippen molar-refractivity contribution in [2.75, 3.05) is 25.6 Å². The first-order chi connectivity index (χ1) is 12.5. The maximum Gasteiger partial charge on any atom is 0.251 e. The average molecular weight is 356 g/mol. The fraction of sp³-hybridized carbons (Fsp3) is 0.300. The van der Waals surface area contributed by atoms with Crippen molar-refractivity contribution in [3.63, 3.8) is 0 Å². The number of carbonyl (C=O) groups excluding carboxylic acids is 2. The summed E-state index contributed by atoms with van der Waals surface area (Å²) in [6.07, 6.45) is 0. The first-order valence-corrected chi connectivity index (χ1v) is 8.41. The fourth-order valence-electron chi connectivity index (χ4n) is 2.54. The largest absolute Gasteiger partial charge is 0.493 e. The van der Waals surface area contributed by atoms with Gasteiger partial charge in [-0.2, -0.15) is 0 Å². The normalized spacial score (nSPS) is 10.2. The molecular formula is C20H24N2O4. The van der Waals surface area contributed by atoms with E-state index in [4.69, 9.17) is 9.47 Å². The van der Waals surface area contributed by atoms with Crippen LogP contribution in [-0.4, -0.2) is 32.1 Å². The summed E-state index contributed by atoms with van der Waals surface area (Å²) < 4.78 is 10.7. The van der Waals surface area contributed by atoms with E-state index >= 15 is 0 Å². The highest BCUT2D eigenvalue weighted by Gasteiger charge is 2.13. The van der Waals surface area contributed by atoms with Crippen LogP contribution < -0.4 is 20.1 Å². The van der Waals surface area contributed by atoms with E-state index in [1.165, 1.54) is 7.11 Å². The summed E-state index contributed by atoms with van der Waals surface area (Å²) in [6.45, 7) is 6.04. The highest BCUT2D eigenvalue weighted by atomic mass is 16.5. The Balaban J connectivity index is 2.00. The van der Waals surface area contributed by atoms with E-state index in [1.54, 1.807) is 18.2 Å². The zero-order valence-electron chi connectivity index (χ0n) is 15.5. The van der Waals surface area contributed by atoms with Crippen molar-refractivity contribution < 1.29 is 19.1 Å².